The van der Waals surface area contributed by atoms with Crippen LogP contribution in [-0.4, -0.2) is 17.6 Å². The normalized spacial score (nSPS) is 20.1. The zero-order valence-electron chi connectivity index (χ0n) is 9.24. The molecule has 0 bridgehead atoms. The molecule has 0 amide bonds. The number of nitrogens with two attached hydrogens (primary N) is 1. The highest BCUT2D eigenvalue weighted by Crippen LogP contribution is 2.29. The van der Waals surface area contributed by atoms with Crippen LogP contribution in [-0.2, 0) is 0 Å². The van der Waals surface area contributed by atoms with Gasteiger partial charge in [-0.2, -0.15) is 0 Å². The second kappa shape index (κ2) is 4.37. The summed E-state index contributed by atoms with van der Waals surface area (Å²) in [6, 6.07) is 5.42. The first-order valence-corrected chi connectivity index (χ1v) is 5.87. The van der Waals surface area contributed by atoms with Gasteiger partial charge in [0.15, 0.2) is 0 Å². The molecule has 4 heteroatoms. The molecule has 2 nitrogen and oxygen atoms in total. The fraction of sp³-hybridized carbons (Fsp3) is 0.417. The van der Waals surface area contributed by atoms with Crippen LogP contribution in [0.2, 0.25) is 0 Å². The average molecular weight is 238 g/mol. The van der Waals surface area contributed by atoms with Crippen molar-refractivity contribution in [3.05, 3.63) is 29.6 Å². The highest BCUT2D eigenvalue weighted by Gasteiger charge is 2.24. The molecule has 1 aliphatic heterocycles. The lowest BCUT2D eigenvalue weighted by molar-refractivity contribution is 0.623. The number of hydrogen-bond donors (Lipinski definition) is 1. The Labute approximate surface area is 100 Å². The van der Waals surface area contributed by atoms with E-state index in [1.807, 2.05) is 6.07 Å². The minimum absolute atomic E-state index is 0.132. The van der Waals surface area contributed by atoms with Gasteiger partial charge >= 0.3 is 0 Å². The molecule has 1 saturated heterocycles. The molecule has 1 aromatic rings. The van der Waals surface area contributed by atoms with Crippen LogP contribution in [0.4, 0.5) is 10.1 Å². The number of nitrogens with zero attached hydrogens (tertiary/aromatic N) is 1. The molecule has 0 aliphatic carbocycles. The van der Waals surface area contributed by atoms with E-state index in [0.717, 1.165) is 25.1 Å². The quantitative estimate of drug-likeness (QED) is 0.802. The van der Waals surface area contributed by atoms with Gasteiger partial charge < -0.3 is 10.6 Å². The molecule has 16 heavy (non-hydrogen) atoms. The van der Waals surface area contributed by atoms with Gasteiger partial charge in [-0.25, -0.2) is 4.39 Å². The minimum Gasteiger partial charge on any atom is -0.389 e. The summed E-state index contributed by atoms with van der Waals surface area (Å²) in [5, 5.41) is 0. The van der Waals surface area contributed by atoms with Crippen molar-refractivity contribution in [2.75, 3.05) is 11.4 Å². The van der Waals surface area contributed by atoms with Gasteiger partial charge in [0, 0.05) is 12.6 Å². The fourth-order valence-electron chi connectivity index (χ4n) is 2.29. The maximum Gasteiger partial charge on any atom is 0.135 e. The SMILES string of the molecule is CC1CCCN1c1cccc(F)c1C(N)=S. The molecule has 1 fully saturated rings. The first-order valence-electron chi connectivity index (χ1n) is 5.46. The van der Waals surface area contributed by atoms with E-state index in [2.05, 4.69) is 11.8 Å². The van der Waals surface area contributed by atoms with Crippen LogP contribution >= 0.6 is 12.2 Å². The monoisotopic (exact) mass is 238 g/mol. The van der Waals surface area contributed by atoms with E-state index in [1.54, 1.807) is 6.07 Å². The largest absolute Gasteiger partial charge is 0.389 e. The molecule has 0 aromatic heterocycles. The third kappa shape index (κ3) is 1.89. The smallest absolute Gasteiger partial charge is 0.135 e. The predicted molar refractivity (Wildman–Crippen MR) is 68.3 cm³/mol. The van der Waals surface area contributed by atoms with Crippen molar-refractivity contribution in [2.24, 2.45) is 5.73 Å². The molecule has 1 atom stereocenters. The van der Waals surface area contributed by atoms with Crippen LogP contribution in [0.1, 0.15) is 25.3 Å². The van der Waals surface area contributed by atoms with Gasteiger partial charge in [0.05, 0.1) is 11.3 Å². The number of rotatable bonds is 2. The number of benzene rings is 1. The third-order valence-corrected chi connectivity index (χ3v) is 3.30. The second-order valence-corrected chi connectivity index (χ2v) is 4.62. The summed E-state index contributed by atoms with van der Waals surface area (Å²) in [4.78, 5) is 2.31. The molecular formula is C12H15FN2S. The van der Waals surface area contributed by atoms with Crippen LogP contribution in [0.3, 0.4) is 0 Å². The molecule has 0 radical (unpaired) electrons. The van der Waals surface area contributed by atoms with Crippen molar-refractivity contribution in [3.63, 3.8) is 0 Å². The Morgan fingerprint density at radius 2 is 2.31 bits per heavy atom. The van der Waals surface area contributed by atoms with E-state index < -0.39 is 0 Å². The van der Waals surface area contributed by atoms with Crippen molar-refractivity contribution in [3.8, 4) is 0 Å². The van der Waals surface area contributed by atoms with Crippen molar-refractivity contribution in [2.45, 2.75) is 25.8 Å². The molecule has 2 rings (SSSR count). The summed E-state index contributed by atoms with van der Waals surface area (Å²) in [6.45, 7) is 3.08. The molecule has 1 aliphatic rings. The molecule has 1 heterocycles. The number of hydrogen-bond acceptors (Lipinski definition) is 2. The zero-order chi connectivity index (χ0) is 11.7. The van der Waals surface area contributed by atoms with Crippen LogP contribution in [0.25, 0.3) is 0 Å². The highest BCUT2D eigenvalue weighted by molar-refractivity contribution is 7.80. The van der Waals surface area contributed by atoms with E-state index in [9.17, 15) is 4.39 Å². The number of anilines is 1. The number of thiocarbonyl (C=S) groups is 1. The van der Waals surface area contributed by atoms with Gasteiger partial charge in [-0.15, -0.1) is 0 Å². The van der Waals surface area contributed by atoms with Crippen molar-refractivity contribution < 1.29 is 4.39 Å². The molecular weight excluding hydrogens is 223 g/mol. The van der Waals surface area contributed by atoms with E-state index in [-0.39, 0.29) is 10.8 Å². The zero-order valence-corrected chi connectivity index (χ0v) is 10.1. The average Bonchev–Trinajstić information content (AvgIpc) is 2.63. The number of halogens is 1. The van der Waals surface area contributed by atoms with Gasteiger partial charge in [0.1, 0.15) is 10.8 Å². The second-order valence-electron chi connectivity index (χ2n) is 4.18. The van der Waals surface area contributed by atoms with Crippen molar-refractivity contribution >= 4 is 22.9 Å². The summed E-state index contributed by atoms with van der Waals surface area (Å²) in [7, 11) is 0. The van der Waals surface area contributed by atoms with Gasteiger partial charge in [0.2, 0.25) is 0 Å². The minimum atomic E-state index is -0.330. The standard InChI is InChI=1S/C12H15FN2S/c1-8-4-3-7-15(8)10-6-2-5-9(13)11(10)12(14)16/h2,5-6,8H,3-4,7H2,1H3,(H2,14,16). The van der Waals surface area contributed by atoms with Gasteiger partial charge in [-0.05, 0) is 31.9 Å². The third-order valence-electron chi connectivity index (χ3n) is 3.10. The first kappa shape index (κ1) is 11.3. The van der Waals surface area contributed by atoms with E-state index >= 15 is 0 Å². The summed E-state index contributed by atoms with van der Waals surface area (Å²) < 4.78 is 13.7. The van der Waals surface area contributed by atoms with Crippen LogP contribution in [0.15, 0.2) is 18.2 Å². The maximum atomic E-state index is 13.7. The Morgan fingerprint density at radius 1 is 1.56 bits per heavy atom. The predicted octanol–water partition coefficient (Wildman–Crippen LogP) is 2.45. The van der Waals surface area contributed by atoms with Crippen molar-refractivity contribution in [1.82, 2.24) is 0 Å². The molecule has 86 valence electrons. The van der Waals surface area contributed by atoms with Gasteiger partial charge in [-0.1, -0.05) is 18.3 Å². The molecule has 0 spiro atoms. The van der Waals surface area contributed by atoms with Crippen molar-refractivity contribution in [1.29, 1.82) is 0 Å². The van der Waals surface area contributed by atoms with Crippen LogP contribution in [0.5, 0.6) is 0 Å². The Balaban J connectivity index is 2.47. The summed E-state index contributed by atoms with van der Waals surface area (Å²) in [5.74, 6) is -0.330. The van der Waals surface area contributed by atoms with Gasteiger partial charge in [0.25, 0.3) is 0 Å². The Bertz CT molecular complexity index is 419. The van der Waals surface area contributed by atoms with E-state index in [0.29, 0.717) is 11.6 Å². The summed E-state index contributed by atoms with van der Waals surface area (Å²) in [5.41, 5.74) is 6.81. The molecule has 1 aromatic carbocycles. The lowest BCUT2D eigenvalue weighted by Gasteiger charge is -2.26. The molecule has 1 unspecified atom stereocenters. The van der Waals surface area contributed by atoms with Gasteiger partial charge in [-0.3, -0.25) is 0 Å². The lowest BCUT2D eigenvalue weighted by Crippen LogP contribution is -2.29. The van der Waals surface area contributed by atoms with E-state index in [4.69, 9.17) is 18.0 Å². The molecule has 0 saturated carbocycles. The fourth-order valence-corrected chi connectivity index (χ4v) is 2.49. The van der Waals surface area contributed by atoms with Crippen LogP contribution in [0, 0.1) is 5.82 Å². The summed E-state index contributed by atoms with van der Waals surface area (Å²) in [6.07, 6.45) is 2.27. The summed E-state index contributed by atoms with van der Waals surface area (Å²) >= 11 is 4.92. The highest BCUT2D eigenvalue weighted by atomic mass is 32.1. The Hall–Kier alpha value is -1.16. The Kier molecular flexibility index (Phi) is 3.10. The topological polar surface area (TPSA) is 29.3 Å². The molecule has 2 N–H and O–H groups in total. The van der Waals surface area contributed by atoms with E-state index in [1.165, 1.54) is 6.07 Å². The lowest BCUT2D eigenvalue weighted by atomic mass is 10.1. The Morgan fingerprint density at radius 3 is 2.88 bits per heavy atom. The maximum absolute atomic E-state index is 13.7. The van der Waals surface area contributed by atoms with Crippen LogP contribution < -0.4 is 10.6 Å². The first-order chi connectivity index (χ1) is 7.61.